The van der Waals surface area contributed by atoms with Crippen molar-refractivity contribution >= 4 is 34.5 Å². The SMILES string of the molecule is Cc1sc(C(=O)c2cncnc2N[C@@H]2C[C@@H](C)[C@H](O)C2)cc1[C@@H]1OCCc2ccc(Cl)cc21. The number of carbonyl (C=O) groups is 1. The van der Waals surface area contributed by atoms with Gasteiger partial charge in [0.2, 0.25) is 5.78 Å². The molecule has 0 bridgehead atoms. The number of nitrogens with one attached hydrogen (secondary N) is 1. The number of nitrogens with zero attached hydrogens (tertiary/aromatic N) is 2. The summed E-state index contributed by atoms with van der Waals surface area (Å²) in [5.41, 5.74) is 3.72. The Bertz CT molecular complexity index is 1190. The minimum atomic E-state index is -0.335. The van der Waals surface area contributed by atoms with E-state index in [1.165, 1.54) is 23.2 Å². The highest BCUT2D eigenvalue weighted by atomic mass is 35.5. The average molecular weight is 484 g/mol. The molecule has 0 spiro atoms. The quantitative estimate of drug-likeness (QED) is 0.499. The van der Waals surface area contributed by atoms with Crippen molar-refractivity contribution in [2.45, 2.75) is 51.4 Å². The fourth-order valence-corrected chi connectivity index (χ4v) is 6.00. The molecule has 1 aliphatic heterocycles. The Morgan fingerprint density at radius 1 is 1.27 bits per heavy atom. The molecule has 1 aliphatic carbocycles. The number of rotatable bonds is 5. The maximum atomic E-state index is 13.5. The third-order valence-corrected chi connectivity index (χ3v) is 7.95. The Morgan fingerprint density at radius 3 is 2.91 bits per heavy atom. The van der Waals surface area contributed by atoms with Gasteiger partial charge in [0.05, 0.1) is 23.2 Å². The number of aryl methyl sites for hydroxylation is 1. The normalized spacial score (nSPS) is 24.5. The molecule has 2 N–H and O–H groups in total. The van der Waals surface area contributed by atoms with Crippen molar-refractivity contribution in [3.63, 3.8) is 0 Å². The molecule has 1 fully saturated rings. The van der Waals surface area contributed by atoms with E-state index in [1.807, 2.05) is 32.0 Å². The number of benzene rings is 1. The Labute approximate surface area is 202 Å². The van der Waals surface area contributed by atoms with Gasteiger partial charge in [-0.05, 0) is 67.0 Å². The number of anilines is 1. The summed E-state index contributed by atoms with van der Waals surface area (Å²) in [6.45, 7) is 4.68. The van der Waals surface area contributed by atoms with Gasteiger partial charge in [-0.2, -0.15) is 0 Å². The van der Waals surface area contributed by atoms with Crippen molar-refractivity contribution in [3.05, 3.63) is 73.8 Å². The van der Waals surface area contributed by atoms with Crippen LogP contribution in [0.4, 0.5) is 5.82 Å². The van der Waals surface area contributed by atoms with E-state index in [-0.39, 0.29) is 30.0 Å². The monoisotopic (exact) mass is 483 g/mol. The maximum Gasteiger partial charge on any atom is 0.208 e. The van der Waals surface area contributed by atoms with E-state index in [1.54, 1.807) is 6.20 Å². The molecule has 3 aromatic rings. The lowest BCUT2D eigenvalue weighted by atomic mass is 9.93. The van der Waals surface area contributed by atoms with Crippen LogP contribution in [0.5, 0.6) is 0 Å². The smallest absolute Gasteiger partial charge is 0.208 e. The van der Waals surface area contributed by atoms with Gasteiger partial charge in [0.25, 0.3) is 0 Å². The first-order chi connectivity index (χ1) is 15.9. The fraction of sp³-hybridized carbons (Fsp3) is 0.400. The van der Waals surface area contributed by atoms with Crippen LogP contribution in [0.3, 0.4) is 0 Å². The van der Waals surface area contributed by atoms with E-state index >= 15 is 0 Å². The predicted molar refractivity (Wildman–Crippen MR) is 129 cm³/mol. The first-order valence-corrected chi connectivity index (χ1v) is 12.4. The van der Waals surface area contributed by atoms with Gasteiger partial charge < -0.3 is 15.2 Å². The molecule has 172 valence electrons. The predicted octanol–water partition coefficient (Wildman–Crippen LogP) is 4.96. The van der Waals surface area contributed by atoms with Gasteiger partial charge in [-0.1, -0.05) is 24.6 Å². The topological polar surface area (TPSA) is 84.3 Å². The van der Waals surface area contributed by atoms with E-state index in [9.17, 15) is 9.90 Å². The lowest BCUT2D eigenvalue weighted by Gasteiger charge is -2.26. The molecule has 0 saturated heterocycles. The van der Waals surface area contributed by atoms with Gasteiger partial charge in [0.15, 0.2) is 0 Å². The molecule has 1 saturated carbocycles. The highest BCUT2D eigenvalue weighted by Gasteiger charge is 2.31. The van der Waals surface area contributed by atoms with Crippen LogP contribution in [0.2, 0.25) is 5.02 Å². The Hall–Kier alpha value is -2.32. The number of ether oxygens (including phenoxy) is 1. The molecule has 0 radical (unpaired) electrons. The number of hydrogen-bond donors (Lipinski definition) is 2. The molecule has 5 rings (SSSR count). The van der Waals surface area contributed by atoms with Crippen molar-refractivity contribution in [2.24, 2.45) is 5.92 Å². The summed E-state index contributed by atoms with van der Waals surface area (Å²) in [6, 6.07) is 7.94. The van der Waals surface area contributed by atoms with Crippen LogP contribution >= 0.6 is 22.9 Å². The van der Waals surface area contributed by atoms with Crippen LogP contribution < -0.4 is 5.32 Å². The summed E-state index contributed by atoms with van der Waals surface area (Å²) in [7, 11) is 0. The number of aliphatic hydroxyl groups is 1. The summed E-state index contributed by atoms with van der Waals surface area (Å²) in [5.74, 6) is 0.615. The van der Waals surface area contributed by atoms with Crippen LogP contribution in [-0.4, -0.2) is 39.6 Å². The second-order valence-corrected chi connectivity index (χ2v) is 10.6. The Balaban J connectivity index is 1.43. The summed E-state index contributed by atoms with van der Waals surface area (Å²) in [5, 5.41) is 14.1. The summed E-state index contributed by atoms with van der Waals surface area (Å²) < 4.78 is 6.13. The highest BCUT2D eigenvalue weighted by molar-refractivity contribution is 7.14. The van der Waals surface area contributed by atoms with Crippen molar-refractivity contribution < 1.29 is 14.6 Å². The van der Waals surface area contributed by atoms with Crippen LogP contribution in [0.25, 0.3) is 0 Å². The lowest BCUT2D eigenvalue weighted by Crippen LogP contribution is -2.20. The zero-order chi connectivity index (χ0) is 23.1. The van der Waals surface area contributed by atoms with E-state index in [0.717, 1.165) is 28.8 Å². The average Bonchev–Trinajstić information content (AvgIpc) is 3.34. The zero-order valence-electron chi connectivity index (χ0n) is 18.5. The fourth-order valence-electron chi connectivity index (χ4n) is 4.82. The molecular weight excluding hydrogens is 458 g/mol. The molecule has 33 heavy (non-hydrogen) atoms. The first-order valence-electron chi connectivity index (χ1n) is 11.2. The summed E-state index contributed by atoms with van der Waals surface area (Å²) in [4.78, 5) is 23.6. The first kappa shape index (κ1) is 22.5. The molecule has 0 unspecified atom stereocenters. The number of aromatic nitrogens is 2. The lowest BCUT2D eigenvalue weighted by molar-refractivity contribution is 0.0697. The molecule has 3 heterocycles. The number of ketones is 1. The zero-order valence-corrected chi connectivity index (χ0v) is 20.1. The minimum Gasteiger partial charge on any atom is -0.393 e. The molecular formula is C25H26ClN3O3S. The van der Waals surface area contributed by atoms with Gasteiger partial charge in [-0.15, -0.1) is 11.3 Å². The second-order valence-electron chi connectivity index (χ2n) is 8.94. The van der Waals surface area contributed by atoms with Crippen molar-refractivity contribution in [1.29, 1.82) is 0 Å². The van der Waals surface area contributed by atoms with E-state index < -0.39 is 0 Å². The van der Waals surface area contributed by atoms with Gasteiger partial charge in [0.1, 0.15) is 18.2 Å². The standard InChI is InChI=1S/C25H26ClN3O3S/c1-13-7-17(9-21(13)30)29-25-20(11-27-12-28-25)23(31)22-10-18(14(2)33-22)24-19-8-16(26)4-3-15(19)5-6-32-24/h3-4,8,10-13,17,21,24,30H,5-7,9H2,1-2H3,(H,27,28,29)/t13-,17-,21-,24+/m1/s1. The van der Waals surface area contributed by atoms with E-state index in [0.29, 0.717) is 34.3 Å². The molecule has 6 nitrogen and oxygen atoms in total. The molecule has 0 amide bonds. The largest absolute Gasteiger partial charge is 0.393 e. The number of thiophene rings is 1. The molecule has 8 heteroatoms. The number of aliphatic hydroxyl groups excluding tert-OH is 1. The third kappa shape index (κ3) is 4.43. The van der Waals surface area contributed by atoms with Gasteiger partial charge >= 0.3 is 0 Å². The molecule has 1 aromatic carbocycles. The molecule has 4 atom stereocenters. The number of halogens is 1. The number of fused-ring (bicyclic) bond motifs is 1. The van der Waals surface area contributed by atoms with E-state index in [4.69, 9.17) is 16.3 Å². The summed E-state index contributed by atoms with van der Waals surface area (Å²) >= 11 is 7.72. The van der Waals surface area contributed by atoms with Crippen molar-refractivity contribution in [2.75, 3.05) is 11.9 Å². The molecule has 2 aromatic heterocycles. The van der Waals surface area contributed by atoms with Gasteiger partial charge in [0, 0.05) is 22.1 Å². The van der Waals surface area contributed by atoms with E-state index in [2.05, 4.69) is 21.4 Å². The minimum absolute atomic E-state index is 0.0778. The number of carbonyl (C=O) groups excluding carboxylic acids is 1. The van der Waals surface area contributed by atoms with Crippen molar-refractivity contribution in [3.8, 4) is 0 Å². The van der Waals surface area contributed by atoms with Crippen LogP contribution in [-0.2, 0) is 11.2 Å². The van der Waals surface area contributed by atoms with Crippen LogP contribution in [0.1, 0.15) is 62.7 Å². The highest BCUT2D eigenvalue weighted by Crippen LogP contribution is 2.39. The number of hydrogen-bond acceptors (Lipinski definition) is 7. The van der Waals surface area contributed by atoms with Crippen molar-refractivity contribution in [1.82, 2.24) is 9.97 Å². The van der Waals surface area contributed by atoms with Crippen LogP contribution in [0.15, 0.2) is 36.8 Å². The Kier molecular flexibility index (Phi) is 6.22. The second kappa shape index (κ2) is 9.14. The van der Waals surface area contributed by atoms with Gasteiger partial charge in [-0.3, -0.25) is 4.79 Å². The summed E-state index contributed by atoms with van der Waals surface area (Å²) in [6.07, 6.45) is 4.75. The molecule has 2 aliphatic rings. The Morgan fingerprint density at radius 2 is 2.12 bits per heavy atom. The third-order valence-electron chi connectivity index (χ3n) is 6.65. The maximum absolute atomic E-state index is 13.5. The van der Waals surface area contributed by atoms with Gasteiger partial charge in [-0.25, -0.2) is 9.97 Å². The van der Waals surface area contributed by atoms with Crippen LogP contribution in [0, 0.1) is 12.8 Å².